The first kappa shape index (κ1) is 10.2. The van der Waals surface area contributed by atoms with Crippen molar-refractivity contribution >= 4 is 5.97 Å². The molecule has 13 heavy (non-hydrogen) atoms. The molecule has 0 N–H and O–H groups in total. The first-order valence-electron chi connectivity index (χ1n) is 4.33. The zero-order chi connectivity index (χ0) is 9.90. The van der Waals surface area contributed by atoms with E-state index >= 15 is 0 Å². The Morgan fingerprint density at radius 2 is 2.38 bits per heavy atom. The maximum Gasteiger partial charge on any atom is 0.339 e. The number of esters is 1. The van der Waals surface area contributed by atoms with E-state index < -0.39 is 17.5 Å². The second-order valence-corrected chi connectivity index (χ2v) is 2.93. The normalized spacial score (nSPS) is 20.7. The van der Waals surface area contributed by atoms with Gasteiger partial charge in [-0.25, -0.2) is 13.6 Å². The maximum absolute atomic E-state index is 13.1. The van der Waals surface area contributed by atoms with E-state index in [-0.39, 0.29) is 13.0 Å². The zero-order valence-electron chi connectivity index (χ0n) is 7.48. The van der Waals surface area contributed by atoms with E-state index in [1.165, 1.54) is 6.08 Å². The topological polar surface area (TPSA) is 26.3 Å². The van der Waals surface area contributed by atoms with Gasteiger partial charge < -0.3 is 4.74 Å². The van der Waals surface area contributed by atoms with Crippen molar-refractivity contribution < 1.29 is 18.3 Å². The molecule has 0 radical (unpaired) electrons. The maximum atomic E-state index is 13.1. The van der Waals surface area contributed by atoms with Gasteiger partial charge in [0.05, 0.1) is 6.61 Å². The third-order valence-electron chi connectivity index (χ3n) is 1.93. The minimum absolute atomic E-state index is 0.131. The molecule has 2 nitrogen and oxygen atoms in total. The SMILES string of the molecule is CCOC(=O)C1=CCCCC1(F)F. The van der Waals surface area contributed by atoms with Crippen molar-refractivity contribution in [3.8, 4) is 0 Å². The van der Waals surface area contributed by atoms with Crippen LogP contribution in [0.4, 0.5) is 8.78 Å². The molecular formula is C9H12F2O2. The molecule has 0 saturated heterocycles. The average Bonchev–Trinajstić information content (AvgIpc) is 2.03. The first-order chi connectivity index (χ1) is 6.08. The molecule has 0 bridgehead atoms. The van der Waals surface area contributed by atoms with Crippen LogP contribution in [0, 0.1) is 0 Å². The molecule has 0 aliphatic heterocycles. The van der Waals surface area contributed by atoms with Crippen molar-refractivity contribution in [3.63, 3.8) is 0 Å². The van der Waals surface area contributed by atoms with Gasteiger partial charge in [0.1, 0.15) is 5.57 Å². The van der Waals surface area contributed by atoms with E-state index in [4.69, 9.17) is 0 Å². The highest BCUT2D eigenvalue weighted by Gasteiger charge is 2.40. The van der Waals surface area contributed by atoms with Crippen LogP contribution < -0.4 is 0 Å². The van der Waals surface area contributed by atoms with Crippen LogP contribution in [0.2, 0.25) is 0 Å². The predicted molar refractivity (Wildman–Crippen MR) is 43.5 cm³/mol. The Morgan fingerprint density at radius 1 is 1.69 bits per heavy atom. The summed E-state index contributed by atoms with van der Waals surface area (Å²) in [5.74, 6) is -3.88. The van der Waals surface area contributed by atoms with Crippen LogP contribution in [0.5, 0.6) is 0 Å². The Kier molecular flexibility index (Phi) is 3.01. The summed E-state index contributed by atoms with van der Waals surface area (Å²) < 4.78 is 30.7. The van der Waals surface area contributed by atoms with Gasteiger partial charge in [0.25, 0.3) is 5.92 Å². The number of hydrogen-bond donors (Lipinski definition) is 0. The fraction of sp³-hybridized carbons (Fsp3) is 0.667. The summed E-state index contributed by atoms with van der Waals surface area (Å²) >= 11 is 0. The number of rotatable bonds is 2. The minimum Gasteiger partial charge on any atom is -0.462 e. The Labute approximate surface area is 75.6 Å². The van der Waals surface area contributed by atoms with Crippen LogP contribution in [0.1, 0.15) is 26.2 Å². The number of carbonyl (C=O) groups excluding carboxylic acids is 1. The summed E-state index contributed by atoms with van der Waals surface area (Å²) in [6.07, 6.45) is 1.98. The summed E-state index contributed by atoms with van der Waals surface area (Å²) in [4.78, 5) is 11.0. The Bertz CT molecular complexity index is 234. The lowest BCUT2D eigenvalue weighted by Crippen LogP contribution is -2.28. The second-order valence-electron chi connectivity index (χ2n) is 2.93. The summed E-state index contributed by atoms with van der Waals surface area (Å²) in [5, 5.41) is 0. The van der Waals surface area contributed by atoms with Crippen LogP contribution >= 0.6 is 0 Å². The largest absolute Gasteiger partial charge is 0.462 e. The van der Waals surface area contributed by atoms with Gasteiger partial charge in [-0.1, -0.05) is 6.08 Å². The molecule has 0 fully saturated rings. The fourth-order valence-electron chi connectivity index (χ4n) is 1.30. The molecule has 0 heterocycles. The van der Waals surface area contributed by atoms with Crippen LogP contribution in [0.15, 0.2) is 11.6 Å². The molecular weight excluding hydrogens is 178 g/mol. The second kappa shape index (κ2) is 3.85. The van der Waals surface area contributed by atoms with Gasteiger partial charge in [-0.05, 0) is 19.8 Å². The summed E-state index contributed by atoms with van der Waals surface area (Å²) in [6, 6.07) is 0. The third-order valence-corrected chi connectivity index (χ3v) is 1.93. The van der Waals surface area contributed by atoms with Crippen molar-refractivity contribution in [3.05, 3.63) is 11.6 Å². The highest BCUT2D eigenvalue weighted by Crippen LogP contribution is 2.34. The summed E-state index contributed by atoms with van der Waals surface area (Å²) in [7, 11) is 0. The highest BCUT2D eigenvalue weighted by molar-refractivity contribution is 5.90. The van der Waals surface area contributed by atoms with E-state index in [9.17, 15) is 13.6 Å². The Morgan fingerprint density at radius 3 is 2.92 bits per heavy atom. The quantitative estimate of drug-likeness (QED) is 0.624. The molecule has 0 amide bonds. The van der Waals surface area contributed by atoms with E-state index in [0.717, 1.165) is 0 Å². The van der Waals surface area contributed by atoms with Gasteiger partial charge in [-0.2, -0.15) is 0 Å². The number of ether oxygens (including phenoxy) is 1. The minimum atomic E-state index is -3.00. The number of allylic oxidation sites excluding steroid dienone is 1. The molecule has 1 aliphatic rings. The van der Waals surface area contributed by atoms with E-state index in [2.05, 4.69) is 4.74 Å². The number of hydrogen-bond acceptors (Lipinski definition) is 2. The molecule has 1 rings (SSSR count). The number of alkyl halides is 2. The lowest BCUT2D eigenvalue weighted by Gasteiger charge is -2.21. The molecule has 4 heteroatoms. The molecule has 74 valence electrons. The molecule has 0 spiro atoms. The van der Waals surface area contributed by atoms with E-state index in [1.807, 2.05) is 0 Å². The highest BCUT2D eigenvalue weighted by atomic mass is 19.3. The molecule has 1 aliphatic carbocycles. The fourth-order valence-corrected chi connectivity index (χ4v) is 1.30. The van der Waals surface area contributed by atoms with Crippen LogP contribution in [0.25, 0.3) is 0 Å². The molecule has 0 aromatic heterocycles. The number of carbonyl (C=O) groups is 1. The molecule has 0 unspecified atom stereocenters. The van der Waals surface area contributed by atoms with Crippen molar-refractivity contribution in [2.75, 3.05) is 6.61 Å². The smallest absolute Gasteiger partial charge is 0.339 e. The third kappa shape index (κ3) is 2.26. The van der Waals surface area contributed by atoms with Crippen molar-refractivity contribution in [1.29, 1.82) is 0 Å². The summed E-state index contributed by atoms with van der Waals surface area (Å²) in [6.45, 7) is 1.73. The molecule has 0 aromatic carbocycles. The Hall–Kier alpha value is -0.930. The van der Waals surface area contributed by atoms with Gasteiger partial charge >= 0.3 is 5.97 Å². The van der Waals surface area contributed by atoms with Gasteiger partial charge in [-0.15, -0.1) is 0 Å². The lowest BCUT2D eigenvalue weighted by atomic mass is 9.95. The van der Waals surface area contributed by atoms with Gasteiger partial charge in [0, 0.05) is 6.42 Å². The van der Waals surface area contributed by atoms with Gasteiger partial charge in [0.2, 0.25) is 0 Å². The lowest BCUT2D eigenvalue weighted by molar-refractivity contribution is -0.142. The van der Waals surface area contributed by atoms with Gasteiger partial charge in [0.15, 0.2) is 0 Å². The van der Waals surface area contributed by atoms with E-state index in [0.29, 0.717) is 12.8 Å². The Balaban J connectivity index is 2.76. The first-order valence-corrected chi connectivity index (χ1v) is 4.33. The average molecular weight is 190 g/mol. The standard InChI is InChI=1S/C9H12F2O2/c1-2-13-8(12)7-5-3-4-6-9(7,10)11/h5H,2-4,6H2,1H3. The monoisotopic (exact) mass is 190 g/mol. The van der Waals surface area contributed by atoms with Crippen molar-refractivity contribution in [2.45, 2.75) is 32.1 Å². The molecule has 0 atom stereocenters. The van der Waals surface area contributed by atoms with Crippen LogP contribution in [0.3, 0.4) is 0 Å². The van der Waals surface area contributed by atoms with Crippen LogP contribution in [-0.4, -0.2) is 18.5 Å². The number of halogens is 2. The molecule has 0 aromatic rings. The van der Waals surface area contributed by atoms with E-state index in [1.54, 1.807) is 6.92 Å². The zero-order valence-corrected chi connectivity index (χ0v) is 7.48. The van der Waals surface area contributed by atoms with Crippen molar-refractivity contribution in [1.82, 2.24) is 0 Å². The molecule has 0 saturated carbocycles. The van der Waals surface area contributed by atoms with Crippen molar-refractivity contribution in [2.24, 2.45) is 0 Å². The van der Waals surface area contributed by atoms with Gasteiger partial charge in [-0.3, -0.25) is 0 Å². The predicted octanol–water partition coefficient (Wildman–Crippen LogP) is 2.30. The van der Waals surface area contributed by atoms with Crippen LogP contribution in [-0.2, 0) is 9.53 Å². The summed E-state index contributed by atoms with van der Waals surface area (Å²) in [5.41, 5.74) is -0.472.